The molecule has 3 nitrogen and oxygen atoms in total. The molecule has 0 aliphatic carbocycles. The topological polar surface area (TPSA) is 46.0 Å². The summed E-state index contributed by atoms with van der Waals surface area (Å²) in [5.74, 6) is 0. The molecule has 0 unspecified atom stereocenters. The standard InChI is InChI=1S/C4H5NO2.C2H6/c1-3-2-7-5-4(3)6;1-2/h2H,1H3,(H,5,6);1-2H3. The minimum absolute atomic E-state index is 0.153. The molecule has 0 radical (unpaired) electrons. The van der Waals surface area contributed by atoms with Gasteiger partial charge in [0.15, 0.2) is 0 Å². The van der Waals surface area contributed by atoms with E-state index in [9.17, 15) is 4.79 Å². The second kappa shape index (κ2) is 3.95. The molecule has 1 rings (SSSR count). The predicted molar refractivity (Wildman–Crippen MR) is 35.4 cm³/mol. The summed E-state index contributed by atoms with van der Waals surface area (Å²) >= 11 is 0. The van der Waals surface area contributed by atoms with Crippen LogP contribution >= 0.6 is 0 Å². The Bertz CT molecular complexity index is 199. The van der Waals surface area contributed by atoms with Crippen LogP contribution in [0.4, 0.5) is 0 Å². The zero-order valence-corrected chi connectivity index (χ0v) is 5.89. The summed E-state index contributed by atoms with van der Waals surface area (Å²) in [7, 11) is 0. The van der Waals surface area contributed by atoms with Crippen LogP contribution < -0.4 is 5.56 Å². The van der Waals surface area contributed by atoms with E-state index in [1.54, 1.807) is 6.92 Å². The highest BCUT2D eigenvalue weighted by molar-refractivity contribution is 4.95. The van der Waals surface area contributed by atoms with Gasteiger partial charge >= 0.3 is 0 Å². The van der Waals surface area contributed by atoms with E-state index in [0.717, 1.165) is 0 Å². The number of rotatable bonds is 0. The lowest BCUT2D eigenvalue weighted by Gasteiger charge is -1.60. The Balaban J connectivity index is 0.000000291. The van der Waals surface area contributed by atoms with Gasteiger partial charge in [-0.3, -0.25) is 4.79 Å². The van der Waals surface area contributed by atoms with Crippen molar-refractivity contribution in [1.29, 1.82) is 0 Å². The van der Waals surface area contributed by atoms with Crippen LogP contribution in [0, 0.1) is 6.92 Å². The van der Waals surface area contributed by atoms with Gasteiger partial charge in [0.25, 0.3) is 5.56 Å². The molecule has 0 fully saturated rings. The number of H-pyrrole nitrogens is 1. The molecule has 1 N–H and O–H groups in total. The largest absolute Gasteiger partial charge is 0.387 e. The van der Waals surface area contributed by atoms with Gasteiger partial charge in [-0.2, -0.15) is 5.16 Å². The fourth-order valence-electron chi connectivity index (χ4n) is 0.305. The molecule has 9 heavy (non-hydrogen) atoms. The number of hydrogen-bond donors (Lipinski definition) is 1. The highest BCUT2D eigenvalue weighted by Crippen LogP contribution is 1.80. The molecule has 52 valence electrons. The van der Waals surface area contributed by atoms with Crippen LogP contribution in [0.5, 0.6) is 0 Å². The Morgan fingerprint density at radius 3 is 2.22 bits per heavy atom. The normalized spacial score (nSPS) is 7.89. The minimum atomic E-state index is -0.153. The first kappa shape index (κ1) is 8.01. The van der Waals surface area contributed by atoms with Crippen molar-refractivity contribution >= 4 is 0 Å². The van der Waals surface area contributed by atoms with Gasteiger partial charge in [-0.25, -0.2) is 0 Å². The number of hydrogen-bond acceptors (Lipinski definition) is 2. The fraction of sp³-hybridized carbons (Fsp3) is 0.500. The lowest BCUT2D eigenvalue weighted by Crippen LogP contribution is -1.98. The van der Waals surface area contributed by atoms with Crippen molar-refractivity contribution in [3.05, 3.63) is 22.2 Å². The summed E-state index contributed by atoms with van der Waals surface area (Å²) < 4.78 is 4.41. The number of aryl methyl sites for hydroxylation is 1. The summed E-state index contributed by atoms with van der Waals surface area (Å²) in [6.45, 7) is 5.68. The second-order valence-corrected chi connectivity index (χ2v) is 1.35. The number of nitrogens with one attached hydrogen (secondary N) is 1. The van der Waals surface area contributed by atoms with E-state index >= 15 is 0 Å². The highest BCUT2D eigenvalue weighted by Gasteiger charge is 1.88. The van der Waals surface area contributed by atoms with Gasteiger partial charge in [-0.05, 0) is 6.92 Å². The third kappa shape index (κ3) is 2.17. The van der Waals surface area contributed by atoms with Gasteiger partial charge in [0.1, 0.15) is 6.26 Å². The van der Waals surface area contributed by atoms with Crippen molar-refractivity contribution < 1.29 is 4.52 Å². The Morgan fingerprint density at radius 1 is 1.56 bits per heavy atom. The van der Waals surface area contributed by atoms with E-state index in [1.165, 1.54) is 6.26 Å². The first-order valence-corrected chi connectivity index (χ1v) is 2.93. The van der Waals surface area contributed by atoms with Crippen molar-refractivity contribution in [1.82, 2.24) is 5.16 Å². The predicted octanol–water partition coefficient (Wildman–Crippen LogP) is 1.30. The average molecular weight is 129 g/mol. The molecule has 0 saturated heterocycles. The zero-order valence-electron chi connectivity index (χ0n) is 5.89. The number of aromatic amines is 1. The maximum atomic E-state index is 10.3. The Morgan fingerprint density at radius 2 is 2.11 bits per heavy atom. The molecular weight excluding hydrogens is 118 g/mol. The lowest BCUT2D eigenvalue weighted by atomic mass is 10.4. The third-order valence-electron chi connectivity index (χ3n) is 0.745. The van der Waals surface area contributed by atoms with Crippen molar-refractivity contribution in [3.8, 4) is 0 Å². The van der Waals surface area contributed by atoms with Gasteiger partial charge in [0.05, 0.1) is 5.56 Å². The molecule has 0 atom stereocenters. The molecular formula is C6H11NO2. The lowest BCUT2D eigenvalue weighted by molar-refractivity contribution is 0.413. The van der Waals surface area contributed by atoms with E-state index in [4.69, 9.17) is 0 Å². The van der Waals surface area contributed by atoms with Crippen molar-refractivity contribution in [2.24, 2.45) is 0 Å². The summed E-state index contributed by atoms with van der Waals surface area (Å²) in [5, 5.41) is 2.14. The van der Waals surface area contributed by atoms with Crippen molar-refractivity contribution in [2.45, 2.75) is 20.8 Å². The molecule has 0 spiro atoms. The highest BCUT2D eigenvalue weighted by atomic mass is 16.5. The Labute approximate surface area is 53.7 Å². The summed E-state index contributed by atoms with van der Waals surface area (Å²) in [4.78, 5) is 10.3. The molecule has 1 aromatic heterocycles. The third-order valence-corrected chi connectivity index (χ3v) is 0.745. The Kier molecular flexibility index (Phi) is 3.51. The second-order valence-electron chi connectivity index (χ2n) is 1.35. The van der Waals surface area contributed by atoms with Gasteiger partial charge in [0.2, 0.25) is 0 Å². The number of aromatic nitrogens is 1. The van der Waals surface area contributed by atoms with Crippen LogP contribution in [-0.2, 0) is 0 Å². The first-order chi connectivity index (χ1) is 4.30. The van der Waals surface area contributed by atoms with Crippen LogP contribution in [0.2, 0.25) is 0 Å². The summed E-state index contributed by atoms with van der Waals surface area (Å²) in [6.07, 6.45) is 1.38. The van der Waals surface area contributed by atoms with Crippen LogP contribution in [0.3, 0.4) is 0 Å². The van der Waals surface area contributed by atoms with E-state index in [1.807, 2.05) is 13.8 Å². The quantitative estimate of drug-likeness (QED) is 0.574. The minimum Gasteiger partial charge on any atom is -0.387 e. The first-order valence-electron chi connectivity index (χ1n) is 2.93. The van der Waals surface area contributed by atoms with Gasteiger partial charge in [-0.15, -0.1) is 0 Å². The Hall–Kier alpha value is -0.990. The van der Waals surface area contributed by atoms with Gasteiger partial charge in [0, 0.05) is 0 Å². The molecule has 0 saturated carbocycles. The van der Waals surface area contributed by atoms with E-state index in [0.29, 0.717) is 5.56 Å². The van der Waals surface area contributed by atoms with Crippen LogP contribution in [0.1, 0.15) is 19.4 Å². The van der Waals surface area contributed by atoms with Crippen LogP contribution in [-0.4, -0.2) is 5.16 Å². The molecule has 0 amide bonds. The van der Waals surface area contributed by atoms with Gasteiger partial charge < -0.3 is 4.52 Å². The summed E-state index contributed by atoms with van der Waals surface area (Å²) in [5.41, 5.74) is 0.458. The molecule has 1 heterocycles. The van der Waals surface area contributed by atoms with E-state index in [2.05, 4.69) is 9.68 Å². The maximum Gasteiger partial charge on any atom is 0.282 e. The van der Waals surface area contributed by atoms with Crippen LogP contribution in [0.15, 0.2) is 15.6 Å². The smallest absolute Gasteiger partial charge is 0.282 e. The monoisotopic (exact) mass is 129 g/mol. The fourth-order valence-corrected chi connectivity index (χ4v) is 0.305. The SMILES string of the molecule is CC.Cc1co[nH]c1=O. The van der Waals surface area contributed by atoms with E-state index in [-0.39, 0.29) is 5.56 Å². The molecule has 3 heteroatoms. The molecule has 0 aliphatic rings. The average Bonchev–Trinajstić information content (AvgIpc) is 2.23. The van der Waals surface area contributed by atoms with E-state index < -0.39 is 0 Å². The molecule has 0 aliphatic heterocycles. The molecule has 1 aromatic rings. The van der Waals surface area contributed by atoms with Crippen LogP contribution in [0.25, 0.3) is 0 Å². The van der Waals surface area contributed by atoms with Crippen molar-refractivity contribution in [3.63, 3.8) is 0 Å². The maximum absolute atomic E-state index is 10.3. The van der Waals surface area contributed by atoms with Gasteiger partial charge in [-0.1, -0.05) is 13.8 Å². The zero-order chi connectivity index (χ0) is 7.28. The van der Waals surface area contributed by atoms with Crippen molar-refractivity contribution in [2.75, 3.05) is 0 Å². The molecule has 0 bridgehead atoms. The molecule has 0 aromatic carbocycles. The summed E-state index contributed by atoms with van der Waals surface area (Å²) in [6, 6.07) is 0.